The minimum atomic E-state index is -0.189. The van der Waals surface area contributed by atoms with Gasteiger partial charge < -0.3 is 10.2 Å². The number of nitrogens with one attached hydrogen (secondary N) is 1. The number of fused-ring (bicyclic) bond motifs is 2. The molecule has 2 aliphatic heterocycles. The summed E-state index contributed by atoms with van der Waals surface area (Å²) in [4.78, 5) is 35.9. The Balaban J connectivity index is 1.44. The Labute approximate surface area is 165 Å². The molecule has 2 saturated heterocycles. The standard InChI is InChI=1S/C22H26N4O2/c1-13-4-5-16(8-14(13)2)22(28)26-18-6-7-19(26)10-17(9-18)25-21(27)20-12-23-15(3)11-24-20/h4-5,8,11-12,17-19H,6-7,9-10H2,1-3H3,(H,25,27)/t17?,18-,19+. The van der Waals surface area contributed by atoms with E-state index in [1.54, 1.807) is 6.20 Å². The van der Waals surface area contributed by atoms with E-state index in [1.807, 2.05) is 32.0 Å². The Hall–Kier alpha value is -2.76. The van der Waals surface area contributed by atoms with Gasteiger partial charge in [0.2, 0.25) is 0 Å². The Morgan fingerprint density at radius 2 is 1.71 bits per heavy atom. The Morgan fingerprint density at radius 3 is 2.32 bits per heavy atom. The van der Waals surface area contributed by atoms with Crippen LogP contribution in [-0.2, 0) is 0 Å². The largest absolute Gasteiger partial charge is 0.348 e. The molecule has 6 nitrogen and oxygen atoms in total. The lowest BCUT2D eigenvalue weighted by Gasteiger charge is -2.39. The van der Waals surface area contributed by atoms with Crippen LogP contribution in [0.25, 0.3) is 0 Å². The summed E-state index contributed by atoms with van der Waals surface area (Å²) in [5.41, 5.74) is 4.22. The number of amides is 2. The SMILES string of the molecule is Cc1cnc(C(=O)NC2C[C@H]3CC[C@@H](C2)N3C(=O)c2ccc(C)c(C)c2)cn1. The maximum Gasteiger partial charge on any atom is 0.271 e. The molecule has 1 N–H and O–H groups in total. The molecular formula is C22H26N4O2. The topological polar surface area (TPSA) is 75.2 Å². The molecule has 1 unspecified atom stereocenters. The molecule has 4 rings (SSSR count). The molecule has 2 fully saturated rings. The van der Waals surface area contributed by atoms with Gasteiger partial charge in [0.05, 0.1) is 11.9 Å². The van der Waals surface area contributed by atoms with Crippen LogP contribution in [0.1, 0.15) is 63.4 Å². The molecule has 2 aliphatic rings. The Bertz CT molecular complexity index is 895. The van der Waals surface area contributed by atoms with Crippen LogP contribution in [-0.4, -0.2) is 44.8 Å². The molecule has 0 spiro atoms. The zero-order valence-electron chi connectivity index (χ0n) is 16.6. The number of aromatic nitrogens is 2. The van der Waals surface area contributed by atoms with Crippen molar-refractivity contribution in [3.63, 3.8) is 0 Å². The molecule has 6 heteroatoms. The van der Waals surface area contributed by atoms with Crippen LogP contribution in [0, 0.1) is 20.8 Å². The fraction of sp³-hybridized carbons (Fsp3) is 0.455. The van der Waals surface area contributed by atoms with E-state index in [-0.39, 0.29) is 29.9 Å². The molecule has 2 aromatic rings. The number of carbonyl (C=O) groups is 2. The van der Waals surface area contributed by atoms with E-state index in [0.717, 1.165) is 42.5 Å². The molecule has 1 aromatic carbocycles. The van der Waals surface area contributed by atoms with E-state index in [4.69, 9.17) is 0 Å². The van der Waals surface area contributed by atoms with E-state index in [1.165, 1.54) is 11.8 Å². The first-order chi connectivity index (χ1) is 13.4. The predicted molar refractivity (Wildman–Crippen MR) is 106 cm³/mol. The smallest absolute Gasteiger partial charge is 0.271 e. The van der Waals surface area contributed by atoms with Gasteiger partial charge in [-0.1, -0.05) is 6.07 Å². The third kappa shape index (κ3) is 3.51. The fourth-order valence-corrected chi connectivity index (χ4v) is 4.42. The van der Waals surface area contributed by atoms with E-state index in [9.17, 15) is 9.59 Å². The lowest BCUT2D eigenvalue weighted by molar-refractivity contribution is 0.0549. The number of hydrogen-bond donors (Lipinski definition) is 1. The van der Waals surface area contributed by atoms with Gasteiger partial charge in [-0.05, 0) is 69.7 Å². The molecule has 3 heterocycles. The van der Waals surface area contributed by atoms with Crippen molar-refractivity contribution in [3.8, 4) is 0 Å². The first-order valence-electron chi connectivity index (χ1n) is 9.92. The number of piperidine rings is 1. The molecule has 28 heavy (non-hydrogen) atoms. The van der Waals surface area contributed by atoms with Crippen LogP contribution >= 0.6 is 0 Å². The molecule has 2 bridgehead atoms. The second-order valence-corrected chi connectivity index (χ2v) is 8.08. The lowest BCUT2D eigenvalue weighted by Crippen LogP contribution is -2.52. The number of nitrogens with zero attached hydrogens (tertiary/aromatic N) is 3. The maximum atomic E-state index is 13.1. The van der Waals surface area contributed by atoms with Gasteiger partial charge in [0.1, 0.15) is 5.69 Å². The van der Waals surface area contributed by atoms with Gasteiger partial charge in [-0.2, -0.15) is 0 Å². The van der Waals surface area contributed by atoms with Gasteiger partial charge in [-0.15, -0.1) is 0 Å². The summed E-state index contributed by atoms with van der Waals surface area (Å²) in [6, 6.07) is 6.36. The highest BCUT2D eigenvalue weighted by molar-refractivity contribution is 5.95. The number of carbonyl (C=O) groups excluding carboxylic acids is 2. The highest BCUT2D eigenvalue weighted by Crippen LogP contribution is 2.37. The van der Waals surface area contributed by atoms with Crippen molar-refractivity contribution in [2.24, 2.45) is 0 Å². The maximum absolute atomic E-state index is 13.1. The molecular weight excluding hydrogens is 352 g/mol. The summed E-state index contributed by atoms with van der Waals surface area (Å²) >= 11 is 0. The van der Waals surface area contributed by atoms with Crippen LogP contribution in [0.3, 0.4) is 0 Å². The number of hydrogen-bond acceptors (Lipinski definition) is 4. The Kier molecular flexibility index (Phi) is 4.87. The van der Waals surface area contributed by atoms with Crippen molar-refractivity contribution in [1.82, 2.24) is 20.2 Å². The second kappa shape index (κ2) is 7.34. The van der Waals surface area contributed by atoms with Gasteiger partial charge in [-0.3, -0.25) is 14.6 Å². The minimum absolute atomic E-state index is 0.0666. The highest BCUT2D eigenvalue weighted by atomic mass is 16.2. The van der Waals surface area contributed by atoms with Gasteiger partial charge >= 0.3 is 0 Å². The Morgan fingerprint density at radius 1 is 1.00 bits per heavy atom. The molecule has 3 atom stereocenters. The van der Waals surface area contributed by atoms with Crippen LogP contribution in [0.2, 0.25) is 0 Å². The van der Waals surface area contributed by atoms with Gasteiger partial charge in [0, 0.05) is 29.9 Å². The third-order valence-corrected chi connectivity index (χ3v) is 6.07. The number of rotatable bonds is 3. The molecule has 0 aliphatic carbocycles. The summed E-state index contributed by atoms with van der Waals surface area (Å²) in [5, 5.41) is 3.09. The van der Waals surface area contributed by atoms with E-state index in [2.05, 4.69) is 27.1 Å². The van der Waals surface area contributed by atoms with Crippen LogP contribution in [0.4, 0.5) is 0 Å². The van der Waals surface area contributed by atoms with Crippen LogP contribution in [0.5, 0.6) is 0 Å². The molecule has 0 saturated carbocycles. The quantitative estimate of drug-likeness (QED) is 0.891. The minimum Gasteiger partial charge on any atom is -0.348 e. The molecule has 1 aromatic heterocycles. The first kappa shape index (κ1) is 18.6. The van der Waals surface area contributed by atoms with Crippen molar-refractivity contribution < 1.29 is 9.59 Å². The zero-order chi connectivity index (χ0) is 19.8. The highest BCUT2D eigenvalue weighted by Gasteiger charge is 2.43. The van der Waals surface area contributed by atoms with Crippen molar-refractivity contribution in [2.45, 2.75) is 64.6 Å². The average molecular weight is 378 g/mol. The number of aryl methyl sites for hydroxylation is 3. The van der Waals surface area contributed by atoms with E-state index in [0.29, 0.717) is 5.69 Å². The summed E-state index contributed by atoms with van der Waals surface area (Å²) in [7, 11) is 0. The fourth-order valence-electron chi connectivity index (χ4n) is 4.42. The summed E-state index contributed by atoms with van der Waals surface area (Å²) in [6.45, 7) is 5.94. The summed E-state index contributed by atoms with van der Waals surface area (Å²) in [6.07, 6.45) is 6.69. The van der Waals surface area contributed by atoms with Crippen molar-refractivity contribution in [2.75, 3.05) is 0 Å². The molecule has 0 radical (unpaired) electrons. The van der Waals surface area contributed by atoms with Crippen molar-refractivity contribution >= 4 is 11.8 Å². The van der Waals surface area contributed by atoms with E-state index < -0.39 is 0 Å². The summed E-state index contributed by atoms with van der Waals surface area (Å²) in [5.74, 6) is -0.0735. The van der Waals surface area contributed by atoms with Gasteiger partial charge in [0.25, 0.3) is 11.8 Å². The first-order valence-corrected chi connectivity index (χ1v) is 9.92. The van der Waals surface area contributed by atoms with Crippen molar-refractivity contribution in [1.29, 1.82) is 0 Å². The number of benzene rings is 1. The zero-order valence-corrected chi connectivity index (χ0v) is 16.6. The average Bonchev–Trinajstić information content (AvgIpc) is 2.94. The predicted octanol–water partition coefficient (Wildman–Crippen LogP) is 2.97. The van der Waals surface area contributed by atoms with Crippen LogP contribution in [0.15, 0.2) is 30.6 Å². The van der Waals surface area contributed by atoms with E-state index >= 15 is 0 Å². The van der Waals surface area contributed by atoms with Gasteiger partial charge in [-0.25, -0.2) is 4.98 Å². The molecule has 2 amide bonds. The van der Waals surface area contributed by atoms with Gasteiger partial charge in [0.15, 0.2) is 0 Å². The lowest BCUT2D eigenvalue weighted by atomic mass is 9.95. The second-order valence-electron chi connectivity index (χ2n) is 8.08. The summed E-state index contributed by atoms with van der Waals surface area (Å²) < 4.78 is 0. The van der Waals surface area contributed by atoms with Crippen molar-refractivity contribution in [3.05, 3.63) is 58.7 Å². The molecule has 146 valence electrons. The monoisotopic (exact) mass is 378 g/mol. The van der Waals surface area contributed by atoms with Crippen LogP contribution < -0.4 is 5.32 Å². The third-order valence-electron chi connectivity index (χ3n) is 6.07. The normalized spacial score (nSPS) is 23.5.